The van der Waals surface area contributed by atoms with Crippen molar-refractivity contribution in [3.05, 3.63) is 39.8 Å². The molecule has 2 aromatic heterocycles. The highest BCUT2D eigenvalue weighted by Gasteiger charge is 2.05. The van der Waals surface area contributed by atoms with Gasteiger partial charge in [-0.2, -0.15) is 5.10 Å². The molecule has 2 aromatic rings. The Morgan fingerprint density at radius 3 is 2.96 bits per heavy atom. The molecule has 0 aromatic carbocycles. The molecule has 1 unspecified atom stereocenters. The number of nitrogens with one attached hydrogen (secondary N) is 3. The summed E-state index contributed by atoms with van der Waals surface area (Å²) in [5, 5.41) is 15.9. The predicted octanol–water partition coefficient (Wildman–Crippen LogP) is 3.15. The second-order valence-electron chi connectivity index (χ2n) is 6.16. The van der Waals surface area contributed by atoms with E-state index in [1.54, 1.807) is 0 Å². The number of aryl methyl sites for hydroxylation is 2. The standard InChI is InChI=1S/C18H29N5S/c1-4-19-18(20-9-5-7-16-13-22-23-15(16)3)21-12-14(2)11-17-8-6-10-24-17/h6,8,10,13-14H,4-5,7,9,11-12H2,1-3H3,(H,22,23)(H2,19,20,21). The number of rotatable bonds is 9. The number of thiophene rings is 1. The number of hydrogen-bond donors (Lipinski definition) is 3. The van der Waals surface area contributed by atoms with Gasteiger partial charge >= 0.3 is 0 Å². The van der Waals surface area contributed by atoms with Gasteiger partial charge in [0.25, 0.3) is 0 Å². The lowest BCUT2D eigenvalue weighted by Gasteiger charge is -2.13. The number of nitrogens with zero attached hydrogens (tertiary/aromatic N) is 2. The fraction of sp³-hybridized carbons (Fsp3) is 0.556. The molecule has 2 rings (SSSR count). The van der Waals surface area contributed by atoms with Crippen molar-refractivity contribution in [3.63, 3.8) is 0 Å². The molecule has 132 valence electrons. The van der Waals surface area contributed by atoms with Crippen molar-refractivity contribution >= 4 is 17.3 Å². The molecule has 0 amide bonds. The van der Waals surface area contributed by atoms with Crippen molar-refractivity contribution in [1.29, 1.82) is 0 Å². The maximum atomic E-state index is 4.73. The summed E-state index contributed by atoms with van der Waals surface area (Å²) in [6.45, 7) is 9.06. The highest BCUT2D eigenvalue weighted by Crippen LogP contribution is 2.14. The van der Waals surface area contributed by atoms with Gasteiger partial charge in [0.1, 0.15) is 0 Å². The van der Waals surface area contributed by atoms with Crippen molar-refractivity contribution < 1.29 is 0 Å². The Kier molecular flexibility index (Phi) is 7.82. The van der Waals surface area contributed by atoms with Gasteiger partial charge in [0.15, 0.2) is 5.96 Å². The van der Waals surface area contributed by atoms with Gasteiger partial charge in [0.05, 0.1) is 6.20 Å². The topological polar surface area (TPSA) is 65.1 Å². The molecule has 6 heteroatoms. The first-order valence-corrected chi connectivity index (χ1v) is 9.60. The molecule has 0 saturated heterocycles. The molecule has 0 aliphatic carbocycles. The maximum Gasteiger partial charge on any atom is 0.191 e. The SMILES string of the molecule is CCNC(=NCC(C)Cc1cccs1)NCCCc1cn[nH]c1C. The fourth-order valence-electron chi connectivity index (χ4n) is 2.54. The van der Waals surface area contributed by atoms with Crippen LogP contribution in [0, 0.1) is 12.8 Å². The molecule has 5 nitrogen and oxygen atoms in total. The van der Waals surface area contributed by atoms with Gasteiger partial charge in [0.2, 0.25) is 0 Å². The first-order valence-electron chi connectivity index (χ1n) is 8.72. The van der Waals surface area contributed by atoms with Gasteiger partial charge < -0.3 is 10.6 Å². The molecule has 2 heterocycles. The molecule has 3 N–H and O–H groups in total. The molecular formula is C18H29N5S. The zero-order chi connectivity index (χ0) is 17.2. The normalized spacial score (nSPS) is 13.0. The van der Waals surface area contributed by atoms with Gasteiger partial charge in [-0.3, -0.25) is 10.1 Å². The summed E-state index contributed by atoms with van der Waals surface area (Å²) in [6, 6.07) is 4.32. The van der Waals surface area contributed by atoms with E-state index in [1.807, 2.05) is 17.5 Å². The van der Waals surface area contributed by atoms with Gasteiger partial charge in [-0.1, -0.05) is 13.0 Å². The third kappa shape index (κ3) is 6.35. The van der Waals surface area contributed by atoms with Crippen LogP contribution in [0.25, 0.3) is 0 Å². The maximum absolute atomic E-state index is 4.73. The van der Waals surface area contributed by atoms with E-state index in [4.69, 9.17) is 4.99 Å². The summed E-state index contributed by atoms with van der Waals surface area (Å²) in [7, 11) is 0. The minimum atomic E-state index is 0.549. The second kappa shape index (κ2) is 10.1. The zero-order valence-corrected chi connectivity index (χ0v) is 15.7. The minimum Gasteiger partial charge on any atom is -0.357 e. The molecule has 0 aliphatic rings. The molecule has 0 spiro atoms. The third-order valence-corrected chi connectivity index (χ3v) is 4.78. The van der Waals surface area contributed by atoms with E-state index in [0.717, 1.165) is 50.6 Å². The quantitative estimate of drug-likeness (QED) is 0.371. The lowest BCUT2D eigenvalue weighted by molar-refractivity contribution is 0.594. The van der Waals surface area contributed by atoms with E-state index in [0.29, 0.717) is 5.92 Å². The molecule has 0 radical (unpaired) electrons. The van der Waals surface area contributed by atoms with E-state index in [9.17, 15) is 0 Å². The Bertz CT molecular complexity index is 603. The Morgan fingerprint density at radius 1 is 1.42 bits per heavy atom. The number of aromatic amines is 1. The average molecular weight is 348 g/mol. The van der Waals surface area contributed by atoms with Crippen LogP contribution in [0.4, 0.5) is 0 Å². The summed E-state index contributed by atoms with van der Waals surface area (Å²) in [6.07, 6.45) is 5.11. The first-order chi connectivity index (χ1) is 11.7. The lowest BCUT2D eigenvalue weighted by Crippen LogP contribution is -2.38. The molecule has 0 aliphatic heterocycles. The monoisotopic (exact) mass is 347 g/mol. The summed E-state index contributed by atoms with van der Waals surface area (Å²) in [5.41, 5.74) is 2.46. The van der Waals surface area contributed by atoms with Crippen LogP contribution in [0.1, 0.15) is 36.4 Å². The molecule has 0 bridgehead atoms. The minimum absolute atomic E-state index is 0.549. The van der Waals surface area contributed by atoms with E-state index in [1.165, 1.54) is 10.4 Å². The van der Waals surface area contributed by atoms with Crippen molar-refractivity contribution in [2.24, 2.45) is 10.9 Å². The Labute approximate surface area is 149 Å². The number of aromatic nitrogens is 2. The number of hydrogen-bond acceptors (Lipinski definition) is 3. The Hall–Kier alpha value is -1.82. The van der Waals surface area contributed by atoms with E-state index < -0.39 is 0 Å². The van der Waals surface area contributed by atoms with Crippen molar-refractivity contribution in [2.45, 2.75) is 40.0 Å². The van der Waals surface area contributed by atoms with Crippen LogP contribution in [0.2, 0.25) is 0 Å². The predicted molar refractivity (Wildman–Crippen MR) is 103 cm³/mol. The highest BCUT2D eigenvalue weighted by atomic mass is 32.1. The molecular weight excluding hydrogens is 318 g/mol. The average Bonchev–Trinajstić information content (AvgIpc) is 3.21. The van der Waals surface area contributed by atoms with Gasteiger partial charge in [-0.05, 0) is 56.0 Å². The number of aliphatic imine (C=N–C) groups is 1. The van der Waals surface area contributed by atoms with E-state index >= 15 is 0 Å². The van der Waals surface area contributed by atoms with Crippen LogP contribution < -0.4 is 10.6 Å². The number of H-pyrrole nitrogens is 1. The fourth-order valence-corrected chi connectivity index (χ4v) is 3.41. The number of guanidine groups is 1. The first kappa shape index (κ1) is 18.5. The molecule has 0 fully saturated rings. The Morgan fingerprint density at radius 2 is 2.29 bits per heavy atom. The smallest absolute Gasteiger partial charge is 0.191 e. The zero-order valence-electron chi connectivity index (χ0n) is 14.9. The largest absolute Gasteiger partial charge is 0.357 e. The highest BCUT2D eigenvalue weighted by molar-refractivity contribution is 7.09. The summed E-state index contributed by atoms with van der Waals surface area (Å²) in [4.78, 5) is 6.16. The van der Waals surface area contributed by atoms with Crippen molar-refractivity contribution in [1.82, 2.24) is 20.8 Å². The summed E-state index contributed by atoms with van der Waals surface area (Å²) >= 11 is 1.83. The van der Waals surface area contributed by atoms with Crippen LogP contribution in [-0.2, 0) is 12.8 Å². The molecule has 1 atom stereocenters. The molecule has 0 saturated carbocycles. The van der Waals surface area contributed by atoms with E-state index in [2.05, 4.69) is 59.1 Å². The van der Waals surface area contributed by atoms with Crippen molar-refractivity contribution in [3.8, 4) is 0 Å². The second-order valence-corrected chi connectivity index (χ2v) is 7.19. The van der Waals surface area contributed by atoms with Crippen LogP contribution in [0.15, 0.2) is 28.7 Å². The van der Waals surface area contributed by atoms with Crippen molar-refractivity contribution in [2.75, 3.05) is 19.6 Å². The van der Waals surface area contributed by atoms with Crippen LogP contribution in [0.3, 0.4) is 0 Å². The van der Waals surface area contributed by atoms with Crippen LogP contribution >= 0.6 is 11.3 Å². The molecule has 24 heavy (non-hydrogen) atoms. The van der Waals surface area contributed by atoms with Crippen LogP contribution in [0.5, 0.6) is 0 Å². The summed E-state index contributed by atoms with van der Waals surface area (Å²) in [5.74, 6) is 1.46. The van der Waals surface area contributed by atoms with Crippen LogP contribution in [-0.4, -0.2) is 35.8 Å². The van der Waals surface area contributed by atoms with Gasteiger partial charge in [-0.15, -0.1) is 11.3 Å². The van der Waals surface area contributed by atoms with Gasteiger partial charge in [-0.25, -0.2) is 0 Å². The summed E-state index contributed by atoms with van der Waals surface area (Å²) < 4.78 is 0. The van der Waals surface area contributed by atoms with E-state index in [-0.39, 0.29) is 0 Å². The third-order valence-electron chi connectivity index (χ3n) is 3.88. The lowest BCUT2D eigenvalue weighted by atomic mass is 10.1. The van der Waals surface area contributed by atoms with Gasteiger partial charge in [0, 0.05) is 30.2 Å². The Balaban J connectivity index is 1.72.